The van der Waals surface area contributed by atoms with Crippen molar-refractivity contribution in [2.24, 2.45) is 0 Å². The van der Waals surface area contributed by atoms with E-state index in [4.69, 9.17) is 14.5 Å². The third-order valence-electron chi connectivity index (χ3n) is 3.60. The lowest BCUT2D eigenvalue weighted by atomic mass is 10.0. The fraction of sp³-hybridized carbons (Fsp3) is 0.647. The molecule has 1 rings (SSSR count). The molecule has 0 saturated carbocycles. The van der Waals surface area contributed by atoms with Crippen molar-refractivity contribution in [3.63, 3.8) is 0 Å². The monoisotopic (exact) mass is 344 g/mol. The van der Waals surface area contributed by atoms with Gasteiger partial charge in [0.2, 0.25) is 6.29 Å². The molecule has 1 atom stereocenters. The van der Waals surface area contributed by atoms with E-state index < -0.39 is 14.1 Å². The van der Waals surface area contributed by atoms with Crippen LogP contribution in [0.1, 0.15) is 64.4 Å². The summed E-state index contributed by atoms with van der Waals surface area (Å²) >= 11 is 0. The highest BCUT2D eigenvalue weighted by atomic mass is 31.2. The number of rotatable bonds is 12. The second-order valence-electron chi connectivity index (χ2n) is 5.76. The third kappa shape index (κ3) is 9.77. The molecular weight excluding hydrogens is 315 g/mol. The standard InChI is InChI=1S/C17H29O5P/c1-3-4-5-6-7-8-9-12-16-13-10-11-14-17(16)21-15(2)22-23(18,19)20/h10-11,13-15H,3-9,12H2,1-2H3,(H2,18,19,20). The van der Waals surface area contributed by atoms with Crippen molar-refractivity contribution < 1.29 is 23.6 Å². The molecule has 0 amide bonds. The second-order valence-corrected chi connectivity index (χ2v) is 6.95. The Hall–Kier alpha value is -0.870. The second kappa shape index (κ2) is 10.8. The predicted molar refractivity (Wildman–Crippen MR) is 91.4 cm³/mol. The zero-order valence-corrected chi connectivity index (χ0v) is 15.0. The number of phosphoric acid groups is 1. The van der Waals surface area contributed by atoms with Crippen LogP contribution in [0.25, 0.3) is 0 Å². The average Bonchev–Trinajstić information content (AvgIpc) is 2.46. The van der Waals surface area contributed by atoms with E-state index >= 15 is 0 Å². The van der Waals surface area contributed by atoms with Gasteiger partial charge in [0.1, 0.15) is 5.75 Å². The van der Waals surface area contributed by atoms with Gasteiger partial charge in [0.15, 0.2) is 0 Å². The fourth-order valence-corrected chi connectivity index (χ4v) is 2.92. The number of hydrogen-bond donors (Lipinski definition) is 2. The molecule has 23 heavy (non-hydrogen) atoms. The summed E-state index contributed by atoms with van der Waals surface area (Å²) in [6, 6.07) is 7.57. The van der Waals surface area contributed by atoms with Crippen LogP contribution in [0.2, 0.25) is 0 Å². The van der Waals surface area contributed by atoms with Crippen LogP contribution in [0.15, 0.2) is 24.3 Å². The van der Waals surface area contributed by atoms with E-state index in [-0.39, 0.29) is 0 Å². The molecule has 0 saturated heterocycles. The lowest BCUT2D eigenvalue weighted by Crippen LogP contribution is -2.15. The van der Waals surface area contributed by atoms with Gasteiger partial charge in [-0.1, -0.05) is 63.6 Å². The van der Waals surface area contributed by atoms with Gasteiger partial charge in [0, 0.05) is 0 Å². The van der Waals surface area contributed by atoms with E-state index in [1.807, 2.05) is 18.2 Å². The van der Waals surface area contributed by atoms with Gasteiger partial charge in [0.05, 0.1) is 0 Å². The molecule has 1 aromatic carbocycles. The number of unbranched alkanes of at least 4 members (excludes halogenated alkanes) is 6. The summed E-state index contributed by atoms with van der Waals surface area (Å²) in [6.07, 6.45) is 8.60. The molecule has 0 aliphatic heterocycles. The summed E-state index contributed by atoms with van der Waals surface area (Å²) < 4.78 is 20.9. The first kappa shape index (κ1) is 20.2. The highest BCUT2D eigenvalue weighted by Crippen LogP contribution is 2.38. The Balaban J connectivity index is 2.40. The summed E-state index contributed by atoms with van der Waals surface area (Å²) in [5, 5.41) is 0. The Kier molecular flexibility index (Phi) is 9.49. The first-order valence-corrected chi connectivity index (χ1v) is 9.94. The summed E-state index contributed by atoms with van der Waals surface area (Å²) in [5.41, 5.74) is 1.04. The largest absolute Gasteiger partial charge is 0.472 e. The molecule has 0 radical (unpaired) electrons. The molecule has 2 N–H and O–H groups in total. The van der Waals surface area contributed by atoms with Gasteiger partial charge in [-0.05, 0) is 31.4 Å². The topological polar surface area (TPSA) is 76.0 Å². The summed E-state index contributed by atoms with van der Waals surface area (Å²) in [4.78, 5) is 17.6. The number of hydrogen-bond acceptors (Lipinski definition) is 3. The van der Waals surface area contributed by atoms with Gasteiger partial charge in [-0.25, -0.2) is 9.09 Å². The molecule has 1 aromatic rings. The SMILES string of the molecule is CCCCCCCCCc1ccccc1OC(C)OP(=O)(O)O. The lowest BCUT2D eigenvalue weighted by molar-refractivity contribution is -0.00148. The molecule has 0 heterocycles. The van der Waals surface area contributed by atoms with Crippen molar-refractivity contribution in [2.75, 3.05) is 0 Å². The number of benzene rings is 1. The van der Waals surface area contributed by atoms with E-state index in [9.17, 15) is 4.57 Å². The quantitative estimate of drug-likeness (QED) is 0.323. The Bertz CT molecular complexity index is 486. The smallest absolute Gasteiger partial charge is 0.464 e. The highest BCUT2D eigenvalue weighted by molar-refractivity contribution is 7.46. The van der Waals surface area contributed by atoms with Crippen LogP contribution >= 0.6 is 7.82 Å². The van der Waals surface area contributed by atoms with Crippen LogP contribution in [0.3, 0.4) is 0 Å². The lowest BCUT2D eigenvalue weighted by Gasteiger charge is -2.18. The van der Waals surface area contributed by atoms with Crippen LogP contribution in [-0.4, -0.2) is 16.1 Å². The summed E-state index contributed by atoms with van der Waals surface area (Å²) in [5.74, 6) is 0.624. The van der Waals surface area contributed by atoms with Crippen molar-refractivity contribution in [1.82, 2.24) is 0 Å². The van der Waals surface area contributed by atoms with Gasteiger partial charge in [-0.3, -0.25) is 0 Å². The molecule has 0 aliphatic rings. The zero-order chi connectivity index (χ0) is 17.1. The van der Waals surface area contributed by atoms with Gasteiger partial charge >= 0.3 is 7.82 Å². The predicted octanol–water partition coefficient (Wildman–Crippen LogP) is 4.81. The van der Waals surface area contributed by atoms with Gasteiger partial charge in [-0.2, -0.15) is 0 Å². The molecule has 1 unspecified atom stereocenters. The minimum atomic E-state index is -4.54. The first-order valence-electron chi connectivity index (χ1n) is 8.41. The van der Waals surface area contributed by atoms with Crippen molar-refractivity contribution in [3.05, 3.63) is 29.8 Å². The average molecular weight is 344 g/mol. The molecule has 0 aliphatic carbocycles. The fourth-order valence-electron chi connectivity index (χ4n) is 2.49. The van der Waals surface area contributed by atoms with Crippen LogP contribution in [0.4, 0.5) is 0 Å². The van der Waals surface area contributed by atoms with E-state index in [2.05, 4.69) is 11.4 Å². The van der Waals surface area contributed by atoms with Crippen molar-refractivity contribution >= 4 is 7.82 Å². The van der Waals surface area contributed by atoms with Gasteiger partial charge in [-0.15, -0.1) is 0 Å². The number of phosphoric ester groups is 1. The maximum Gasteiger partial charge on any atom is 0.472 e. The molecule has 0 spiro atoms. The number of ether oxygens (including phenoxy) is 1. The molecular formula is C17H29O5P. The molecule has 0 aromatic heterocycles. The Morgan fingerprint density at radius 2 is 1.65 bits per heavy atom. The van der Waals surface area contributed by atoms with Crippen LogP contribution in [0.5, 0.6) is 5.75 Å². The van der Waals surface area contributed by atoms with Crippen molar-refractivity contribution in [3.8, 4) is 5.75 Å². The van der Waals surface area contributed by atoms with Crippen LogP contribution in [-0.2, 0) is 15.5 Å². The minimum absolute atomic E-state index is 0.624. The normalized spacial score (nSPS) is 13.0. The highest BCUT2D eigenvalue weighted by Gasteiger charge is 2.20. The number of para-hydroxylation sites is 1. The third-order valence-corrected chi connectivity index (χ3v) is 4.17. The molecule has 0 bridgehead atoms. The summed E-state index contributed by atoms with van der Waals surface area (Å²) in [7, 11) is -4.54. The van der Waals surface area contributed by atoms with Crippen molar-refractivity contribution in [2.45, 2.75) is 71.5 Å². The molecule has 0 fully saturated rings. The Morgan fingerprint density at radius 3 is 2.30 bits per heavy atom. The maximum absolute atomic E-state index is 10.8. The molecule has 132 valence electrons. The van der Waals surface area contributed by atoms with Crippen molar-refractivity contribution in [1.29, 1.82) is 0 Å². The van der Waals surface area contributed by atoms with E-state index in [0.717, 1.165) is 18.4 Å². The zero-order valence-electron chi connectivity index (χ0n) is 14.1. The maximum atomic E-state index is 10.8. The number of aryl methyl sites for hydroxylation is 1. The van der Waals surface area contributed by atoms with Gasteiger partial charge in [0.25, 0.3) is 0 Å². The summed E-state index contributed by atoms with van der Waals surface area (Å²) in [6.45, 7) is 3.69. The minimum Gasteiger partial charge on any atom is -0.464 e. The molecule has 6 heteroatoms. The van der Waals surface area contributed by atoms with Crippen LogP contribution in [0, 0.1) is 0 Å². The first-order chi connectivity index (χ1) is 10.9. The Morgan fingerprint density at radius 1 is 1.04 bits per heavy atom. The van der Waals surface area contributed by atoms with Crippen LogP contribution < -0.4 is 4.74 Å². The van der Waals surface area contributed by atoms with E-state index in [1.54, 1.807) is 6.07 Å². The van der Waals surface area contributed by atoms with E-state index in [1.165, 1.54) is 45.4 Å². The van der Waals surface area contributed by atoms with Gasteiger partial charge < -0.3 is 14.5 Å². The molecule has 5 nitrogen and oxygen atoms in total. The van der Waals surface area contributed by atoms with E-state index in [0.29, 0.717) is 5.75 Å². The Labute approximate surface area is 139 Å².